The van der Waals surface area contributed by atoms with E-state index in [0.29, 0.717) is 5.01 Å². The van der Waals surface area contributed by atoms with Crippen LogP contribution >= 0.6 is 22.7 Å². The number of hydrogen-bond acceptors (Lipinski definition) is 5. The van der Waals surface area contributed by atoms with Crippen molar-refractivity contribution >= 4 is 28.6 Å². The molecule has 1 unspecified atom stereocenters. The average Bonchev–Trinajstić information content (AvgIpc) is 3.19. The number of thiophene rings is 1. The first kappa shape index (κ1) is 13.9. The first-order valence-electron chi connectivity index (χ1n) is 6.44. The summed E-state index contributed by atoms with van der Waals surface area (Å²) in [4.78, 5) is 21.7. The van der Waals surface area contributed by atoms with Crippen LogP contribution in [-0.2, 0) is 0 Å². The number of carbonyl (C=O) groups excluding carboxylic acids is 1. The zero-order chi connectivity index (χ0) is 14.7. The summed E-state index contributed by atoms with van der Waals surface area (Å²) in [5.74, 6) is -0.146. The highest BCUT2D eigenvalue weighted by Gasteiger charge is 2.15. The van der Waals surface area contributed by atoms with Crippen molar-refractivity contribution in [1.29, 1.82) is 0 Å². The number of carbonyl (C=O) groups is 1. The van der Waals surface area contributed by atoms with Gasteiger partial charge in [0.05, 0.1) is 16.6 Å². The third-order valence-corrected chi connectivity index (χ3v) is 4.76. The quantitative estimate of drug-likeness (QED) is 0.797. The molecule has 3 aromatic heterocycles. The highest BCUT2D eigenvalue weighted by atomic mass is 32.1. The monoisotopic (exact) mass is 315 g/mol. The zero-order valence-corrected chi connectivity index (χ0v) is 12.9. The van der Waals surface area contributed by atoms with E-state index >= 15 is 0 Å². The van der Waals surface area contributed by atoms with Crippen LogP contribution in [0.25, 0.3) is 10.6 Å². The van der Waals surface area contributed by atoms with Gasteiger partial charge in [-0.15, -0.1) is 22.7 Å². The van der Waals surface area contributed by atoms with E-state index in [0.717, 1.165) is 16.1 Å². The molecule has 0 aliphatic rings. The normalized spacial score (nSPS) is 12.0. The van der Waals surface area contributed by atoms with Crippen LogP contribution < -0.4 is 5.32 Å². The third-order valence-electron chi connectivity index (χ3n) is 3.03. The lowest BCUT2D eigenvalue weighted by atomic mass is 10.1. The largest absolute Gasteiger partial charge is 0.343 e. The van der Waals surface area contributed by atoms with E-state index in [1.807, 2.05) is 41.9 Å². The molecule has 1 N–H and O–H groups in total. The van der Waals surface area contributed by atoms with Crippen LogP contribution in [0, 0.1) is 0 Å². The predicted molar refractivity (Wildman–Crippen MR) is 85.5 cm³/mol. The van der Waals surface area contributed by atoms with Gasteiger partial charge >= 0.3 is 0 Å². The minimum atomic E-state index is -0.146. The third kappa shape index (κ3) is 3.17. The number of pyridine rings is 1. The summed E-state index contributed by atoms with van der Waals surface area (Å²) in [5.41, 5.74) is 1.88. The molecule has 0 bridgehead atoms. The molecular formula is C15H13N3OS2. The first-order chi connectivity index (χ1) is 10.2. The Balaban J connectivity index is 1.71. The number of nitrogens with one attached hydrogen (secondary N) is 1. The smallest absolute Gasteiger partial charge is 0.280 e. The molecule has 3 heterocycles. The van der Waals surface area contributed by atoms with Crippen molar-refractivity contribution in [2.75, 3.05) is 0 Å². The average molecular weight is 315 g/mol. The molecule has 0 aromatic carbocycles. The van der Waals surface area contributed by atoms with Crippen molar-refractivity contribution < 1.29 is 4.79 Å². The van der Waals surface area contributed by atoms with Gasteiger partial charge < -0.3 is 5.32 Å². The standard InChI is InChI=1S/C15H13N3OS2/c1-10(11-4-6-16-7-5-11)17-14(19)15-18-12(9-21-15)13-3-2-8-20-13/h2-10H,1H3,(H,17,19). The maximum atomic E-state index is 12.2. The minimum Gasteiger partial charge on any atom is -0.343 e. The second kappa shape index (κ2) is 6.15. The lowest BCUT2D eigenvalue weighted by Gasteiger charge is -2.12. The number of thiazole rings is 1. The van der Waals surface area contributed by atoms with E-state index in [1.165, 1.54) is 11.3 Å². The molecule has 6 heteroatoms. The fourth-order valence-corrected chi connectivity index (χ4v) is 3.39. The van der Waals surface area contributed by atoms with Crippen molar-refractivity contribution in [2.45, 2.75) is 13.0 Å². The minimum absolute atomic E-state index is 0.0745. The van der Waals surface area contributed by atoms with Gasteiger partial charge in [0.15, 0.2) is 5.01 Å². The van der Waals surface area contributed by atoms with Crippen molar-refractivity contribution in [2.24, 2.45) is 0 Å². The lowest BCUT2D eigenvalue weighted by Crippen LogP contribution is -2.26. The molecule has 1 atom stereocenters. The maximum absolute atomic E-state index is 12.2. The fraction of sp³-hybridized carbons (Fsp3) is 0.133. The van der Waals surface area contributed by atoms with E-state index < -0.39 is 0 Å². The van der Waals surface area contributed by atoms with Gasteiger partial charge in [-0.25, -0.2) is 4.98 Å². The molecule has 4 nitrogen and oxygen atoms in total. The number of nitrogens with zero attached hydrogens (tertiary/aromatic N) is 2. The summed E-state index contributed by atoms with van der Waals surface area (Å²) in [6.45, 7) is 1.95. The van der Waals surface area contributed by atoms with Crippen molar-refractivity contribution in [1.82, 2.24) is 15.3 Å². The van der Waals surface area contributed by atoms with Gasteiger partial charge in [0, 0.05) is 17.8 Å². The number of aromatic nitrogens is 2. The molecule has 0 saturated carbocycles. The molecule has 0 aliphatic heterocycles. The Morgan fingerprint density at radius 2 is 2.05 bits per heavy atom. The molecule has 106 valence electrons. The SMILES string of the molecule is CC(NC(=O)c1nc(-c2cccs2)cs1)c1ccncc1. The van der Waals surface area contributed by atoms with Gasteiger partial charge in [0.2, 0.25) is 0 Å². The van der Waals surface area contributed by atoms with Crippen molar-refractivity contribution in [3.63, 3.8) is 0 Å². The molecule has 0 spiro atoms. The summed E-state index contributed by atoms with van der Waals surface area (Å²) < 4.78 is 0. The van der Waals surface area contributed by atoms with E-state index in [4.69, 9.17) is 0 Å². The Morgan fingerprint density at radius 1 is 1.24 bits per heavy atom. The molecular weight excluding hydrogens is 302 g/mol. The predicted octanol–water partition coefficient (Wildman–Crippen LogP) is 3.76. The summed E-state index contributed by atoms with van der Waals surface area (Å²) >= 11 is 2.98. The Labute approximate surface area is 130 Å². The Kier molecular flexibility index (Phi) is 4.08. The topological polar surface area (TPSA) is 54.9 Å². The lowest BCUT2D eigenvalue weighted by molar-refractivity contribution is 0.0939. The highest BCUT2D eigenvalue weighted by molar-refractivity contribution is 7.15. The number of amides is 1. The number of rotatable bonds is 4. The van der Waals surface area contributed by atoms with Crippen molar-refractivity contribution in [3.8, 4) is 10.6 Å². The van der Waals surface area contributed by atoms with Gasteiger partial charge in [0.25, 0.3) is 5.91 Å². The first-order valence-corrected chi connectivity index (χ1v) is 8.20. The second-order valence-electron chi connectivity index (χ2n) is 4.49. The van der Waals surface area contributed by atoms with Gasteiger partial charge in [-0.05, 0) is 36.1 Å². The van der Waals surface area contributed by atoms with E-state index in [1.54, 1.807) is 23.7 Å². The Morgan fingerprint density at radius 3 is 2.76 bits per heavy atom. The Bertz CT molecular complexity index is 722. The summed E-state index contributed by atoms with van der Waals surface area (Å²) in [7, 11) is 0. The molecule has 3 rings (SSSR count). The molecule has 0 aliphatic carbocycles. The molecule has 3 aromatic rings. The van der Waals surface area contributed by atoms with Crippen LogP contribution in [0.1, 0.15) is 28.3 Å². The van der Waals surface area contributed by atoms with Crippen LogP contribution in [0.4, 0.5) is 0 Å². The molecule has 21 heavy (non-hydrogen) atoms. The van der Waals surface area contributed by atoms with Gasteiger partial charge in [-0.3, -0.25) is 9.78 Å². The molecule has 1 amide bonds. The Hall–Kier alpha value is -2.05. The van der Waals surface area contributed by atoms with E-state index in [9.17, 15) is 4.79 Å². The van der Waals surface area contributed by atoms with Crippen LogP contribution in [0.5, 0.6) is 0 Å². The van der Waals surface area contributed by atoms with E-state index in [2.05, 4.69) is 15.3 Å². The maximum Gasteiger partial charge on any atom is 0.280 e. The summed E-state index contributed by atoms with van der Waals surface area (Å²) in [6.07, 6.45) is 3.44. The van der Waals surface area contributed by atoms with Crippen LogP contribution in [0.2, 0.25) is 0 Å². The zero-order valence-electron chi connectivity index (χ0n) is 11.3. The van der Waals surface area contributed by atoms with Crippen LogP contribution in [0.15, 0.2) is 47.4 Å². The van der Waals surface area contributed by atoms with Gasteiger partial charge in [-0.2, -0.15) is 0 Å². The molecule has 0 saturated heterocycles. The fourth-order valence-electron chi connectivity index (χ4n) is 1.91. The summed E-state index contributed by atoms with van der Waals surface area (Å²) in [5, 5.41) is 7.36. The number of hydrogen-bond donors (Lipinski definition) is 1. The van der Waals surface area contributed by atoms with Crippen LogP contribution in [-0.4, -0.2) is 15.9 Å². The van der Waals surface area contributed by atoms with Gasteiger partial charge in [-0.1, -0.05) is 6.07 Å². The molecule has 0 radical (unpaired) electrons. The molecule has 0 fully saturated rings. The van der Waals surface area contributed by atoms with Crippen molar-refractivity contribution in [3.05, 3.63) is 58.0 Å². The second-order valence-corrected chi connectivity index (χ2v) is 6.30. The summed E-state index contributed by atoms with van der Waals surface area (Å²) in [6, 6.07) is 7.69. The van der Waals surface area contributed by atoms with E-state index in [-0.39, 0.29) is 11.9 Å². The highest BCUT2D eigenvalue weighted by Crippen LogP contribution is 2.26. The van der Waals surface area contributed by atoms with Crippen LogP contribution in [0.3, 0.4) is 0 Å². The van der Waals surface area contributed by atoms with Gasteiger partial charge in [0.1, 0.15) is 0 Å².